The largest absolute Gasteiger partial charge is 0.344 e. The summed E-state index contributed by atoms with van der Waals surface area (Å²) in [6.45, 7) is 3.99. The van der Waals surface area contributed by atoms with Gasteiger partial charge in [0.05, 0.1) is 0 Å². The summed E-state index contributed by atoms with van der Waals surface area (Å²) in [6, 6.07) is 11.7. The molecule has 0 spiro atoms. The maximum Gasteiger partial charge on any atom is 0.246 e. The van der Waals surface area contributed by atoms with Gasteiger partial charge in [-0.2, -0.15) is 0 Å². The van der Waals surface area contributed by atoms with E-state index in [-0.39, 0.29) is 17.7 Å². The SMILES string of the molecule is CC(C)CC(=O)NC1CCc2c(ccc3ccccc23)NC1=O. The zero-order valence-corrected chi connectivity index (χ0v) is 13.6. The third-order valence-corrected chi connectivity index (χ3v) is 4.23. The number of rotatable bonds is 3. The Balaban J connectivity index is 1.83. The van der Waals surface area contributed by atoms with Crippen molar-refractivity contribution in [2.45, 2.75) is 39.2 Å². The van der Waals surface area contributed by atoms with E-state index in [9.17, 15) is 9.59 Å². The Bertz CT molecular complexity index is 752. The van der Waals surface area contributed by atoms with Crippen molar-refractivity contribution in [1.29, 1.82) is 0 Å². The molecule has 2 amide bonds. The molecule has 4 heteroatoms. The molecule has 0 saturated heterocycles. The highest BCUT2D eigenvalue weighted by Gasteiger charge is 2.26. The summed E-state index contributed by atoms with van der Waals surface area (Å²) in [5.41, 5.74) is 2.01. The van der Waals surface area contributed by atoms with E-state index in [2.05, 4.69) is 22.8 Å². The van der Waals surface area contributed by atoms with Crippen LogP contribution in [0.2, 0.25) is 0 Å². The Hall–Kier alpha value is -2.36. The smallest absolute Gasteiger partial charge is 0.246 e. The highest BCUT2D eigenvalue weighted by atomic mass is 16.2. The first-order valence-electron chi connectivity index (χ1n) is 8.15. The van der Waals surface area contributed by atoms with Crippen LogP contribution in [0, 0.1) is 5.92 Å². The van der Waals surface area contributed by atoms with E-state index in [1.807, 2.05) is 38.1 Å². The molecule has 0 aromatic heterocycles. The molecule has 1 heterocycles. The summed E-state index contributed by atoms with van der Waals surface area (Å²) < 4.78 is 0. The Morgan fingerprint density at radius 3 is 2.83 bits per heavy atom. The van der Waals surface area contributed by atoms with Gasteiger partial charge in [0.15, 0.2) is 0 Å². The highest BCUT2D eigenvalue weighted by molar-refractivity contribution is 6.01. The Morgan fingerprint density at radius 1 is 1.26 bits per heavy atom. The van der Waals surface area contributed by atoms with Crippen molar-refractivity contribution in [3.05, 3.63) is 42.0 Å². The van der Waals surface area contributed by atoms with Crippen molar-refractivity contribution in [1.82, 2.24) is 5.32 Å². The molecule has 4 nitrogen and oxygen atoms in total. The molecule has 0 saturated carbocycles. The van der Waals surface area contributed by atoms with Crippen LogP contribution in [0.1, 0.15) is 32.3 Å². The quantitative estimate of drug-likeness (QED) is 0.914. The summed E-state index contributed by atoms with van der Waals surface area (Å²) in [6.07, 6.45) is 1.83. The van der Waals surface area contributed by atoms with Gasteiger partial charge < -0.3 is 10.6 Å². The predicted molar refractivity (Wildman–Crippen MR) is 92.3 cm³/mol. The van der Waals surface area contributed by atoms with E-state index in [1.54, 1.807) is 0 Å². The number of fused-ring (bicyclic) bond motifs is 3. The van der Waals surface area contributed by atoms with Crippen molar-refractivity contribution in [3.8, 4) is 0 Å². The number of anilines is 1. The van der Waals surface area contributed by atoms with Crippen LogP contribution in [0.5, 0.6) is 0 Å². The normalized spacial score (nSPS) is 17.5. The van der Waals surface area contributed by atoms with Crippen LogP contribution in [0.3, 0.4) is 0 Å². The van der Waals surface area contributed by atoms with Crippen molar-refractivity contribution < 1.29 is 9.59 Å². The molecule has 2 aromatic carbocycles. The Kier molecular flexibility index (Phi) is 4.33. The molecule has 0 aliphatic carbocycles. The summed E-state index contributed by atoms with van der Waals surface area (Å²) in [5.74, 6) is 0.0945. The van der Waals surface area contributed by atoms with Crippen molar-refractivity contribution in [3.63, 3.8) is 0 Å². The molecule has 0 bridgehead atoms. The first kappa shape index (κ1) is 15.5. The second kappa shape index (κ2) is 6.41. The van der Waals surface area contributed by atoms with E-state index >= 15 is 0 Å². The van der Waals surface area contributed by atoms with Crippen molar-refractivity contribution in [2.75, 3.05) is 5.32 Å². The lowest BCUT2D eigenvalue weighted by molar-refractivity contribution is -0.127. The van der Waals surface area contributed by atoms with Gasteiger partial charge in [0, 0.05) is 12.1 Å². The molecule has 1 atom stereocenters. The fourth-order valence-electron chi connectivity index (χ4n) is 3.12. The summed E-state index contributed by atoms with van der Waals surface area (Å²) in [7, 11) is 0. The molecule has 0 radical (unpaired) electrons. The number of carbonyl (C=O) groups excluding carboxylic acids is 2. The van der Waals surface area contributed by atoms with E-state index in [4.69, 9.17) is 0 Å². The van der Waals surface area contributed by atoms with Crippen LogP contribution < -0.4 is 10.6 Å². The lowest BCUT2D eigenvalue weighted by atomic mass is 9.98. The zero-order chi connectivity index (χ0) is 16.4. The predicted octanol–water partition coefficient (Wildman–Crippen LogP) is 3.26. The standard InChI is InChI=1S/C19H22N2O2/c1-12(2)11-18(22)20-17-10-8-15-14-6-4-3-5-13(14)7-9-16(15)21-19(17)23/h3-7,9,12,17H,8,10-11H2,1-2H3,(H,20,22)(H,21,23). The molecule has 1 aliphatic heterocycles. The van der Waals surface area contributed by atoms with Gasteiger partial charge in [0.1, 0.15) is 6.04 Å². The van der Waals surface area contributed by atoms with E-state index < -0.39 is 6.04 Å². The zero-order valence-electron chi connectivity index (χ0n) is 13.6. The van der Waals surface area contributed by atoms with Gasteiger partial charge in [0.2, 0.25) is 11.8 Å². The fourth-order valence-corrected chi connectivity index (χ4v) is 3.12. The minimum atomic E-state index is -0.465. The van der Waals surface area contributed by atoms with E-state index in [1.165, 1.54) is 10.8 Å². The number of nitrogens with one attached hydrogen (secondary N) is 2. The Morgan fingerprint density at radius 2 is 2.04 bits per heavy atom. The second-order valence-electron chi connectivity index (χ2n) is 6.56. The van der Waals surface area contributed by atoms with Gasteiger partial charge in [-0.05, 0) is 41.2 Å². The number of hydrogen-bond donors (Lipinski definition) is 2. The summed E-state index contributed by atoms with van der Waals surface area (Å²) >= 11 is 0. The first-order chi connectivity index (χ1) is 11.0. The Labute approximate surface area is 136 Å². The van der Waals surface area contributed by atoms with E-state index in [0.717, 1.165) is 17.7 Å². The first-order valence-corrected chi connectivity index (χ1v) is 8.15. The molecule has 2 aromatic rings. The average molecular weight is 310 g/mol. The second-order valence-corrected chi connectivity index (χ2v) is 6.56. The molecule has 2 N–H and O–H groups in total. The van der Waals surface area contributed by atoms with Gasteiger partial charge in [-0.15, -0.1) is 0 Å². The molecule has 1 unspecified atom stereocenters. The van der Waals surface area contributed by atoms with Crippen LogP contribution >= 0.6 is 0 Å². The lowest BCUT2D eigenvalue weighted by Crippen LogP contribution is -2.43. The molecular formula is C19H22N2O2. The highest BCUT2D eigenvalue weighted by Crippen LogP contribution is 2.30. The van der Waals surface area contributed by atoms with Gasteiger partial charge in [-0.3, -0.25) is 9.59 Å². The van der Waals surface area contributed by atoms with Gasteiger partial charge in [-0.25, -0.2) is 0 Å². The molecule has 1 aliphatic rings. The number of amides is 2. The van der Waals surface area contributed by atoms with Crippen LogP contribution in [0.25, 0.3) is 10.8 Å². The fraction of sp³-hybridized carbons (Fsp3) is 0.368. The average Bonchev–Trinajstić information content (AvgIpc) is 2.66. The van der Waals surface area contributed by atoms with Crippen molar-refractivity contribution >= 4 is 28.3 Å². The summed E-state index contributed by atoms with van der Waals surface area (Å²) in [4.78, 5) is 24.4. The molecular weight excluding hydrogens is 288 g/mol. The molecule has 23 heavy (non-hydrogen) atoms. The monoisotopic (exact) mass is 310 g/mol. The number of hydrogen-bond acceptors (Lipinski definition) is 2. The number of carbonyl (C=O) groups is 2. The summed E-state index contributed by atoms with van der Waals surface area (Å²) in [5, 5.41) is 8.18. The van der Waals surface area contributed by atoms with Gasteiger partial charge in [0.25, 0.3) is 0 Å². The number of benzene rings is 2. The lowest BCUT2D eigenvalue weighted by Gasteiger charge is -2.16. The third-order valence-electron chi connectivity index (χ3n) is 4.23. The maximum absolute atomic E-state index is 12.4. The topological polar surface area (TPSA) is 58.2 Å². The molecule has 120 valence electrons. The van der Waals surface area contributed by atoms with Crippen LogP contribution in [-0.2, 0) is 16.0 Å². The number of aryl methyl sites for hydroxylation is 1. The molecule has 0 fully saturated rings. The van der Waals surface area contributed by atoms with E-state index in [0.29, 0.717) is 12.8 Å². The minimum absolute atomic E-state index is 0.0593. The van der Waals surface area contributed by atoms with Gasteiger partial charge in [-0.1, -0.05) is 44.2 Å². The van der Waals surface area contributed by atoms with Crippen LogP contribution in [0.15, 0.2) is 36.4 Å². The van der Waals surface area contributed by atoms with Gasteiger partial charge >= 0.3 is 0 Å². The maximum atomic E-state index is 12.4. The van der Waals surface area contributed by atoms with Crippen LogP contribution in [0.4, 0.5) is 5.69 Å². The third kappa shape index (κ3) is 3.36. The van der Waals surface area contributed by atoms with Crippen molar-refractivity contribution in [2.24, 2.45) is 5.92 Å². The minimum Gasteiger partial charge on any atom is -0.344 e. The molecule has 3 rings (SSSR count). The van der Waals surface area contributed by atoms with Crippen LogP contribution in [-0.4, -0.2) is 17.9 Å².